The third-order valence-electron chi connectivity index (χ3n) is 4.42. The van der Waals surface area contributed by atoms with Crippen LogP contribution in [0.15, 0.2) is 109 Å². The Kier molecular flexibility index (Phi) is 5.25. The molecule has 0 aliphatic carbocycles. The molecule has 0 spiro atoms. The van der Waals surface area contributed by atoms with E-state index >= 15 is 0 Å². The third kappa shape index (κ3) is 3.99. The minimum atomic E-state index is 0.803. The Hall–Kier alpha value is -3.72. The number of rotatable bonds is 6. The van der Waals surface area contributed by atoms with Crippen LogP contribution >= 0.6 is 0 Å². The quantitative estimate of drug-likeness (QED) is 0.368. The van der Waals surface area contributed by atoms with Gasteiger partial charge in [-0.15, -0.1) is 0 Å². The van der Waals surface area contributed by atoms with Crippen molar-refractivity contribution in [2.75, 3.05) is 12.0 Å². The van der Waals surface area contributed by atoms with Gasteiger partial charge in [-0.3, -0.25) is 0 Å². The monoisotopic (exact) mass is 367 g/mol. The molecule has 0 amide bonds. The van der Waals surface area contributed by atoms with Gasteiger partial charge >= 0.3 is 0 Å². The maximum absolute atomic E-state index is 5.92. The summed E-state index contributed by atoms with van der Waals surface area (Å²) < 4.78 is 11.2. The second-order valence-electron chi connectivity index (χ2n) is 6.28. The molecule has 0 radical (unpaired) electrons. The molecule has 0 aliphatic heterocycles. The molecule has 4 aromatic carbocycles. The number of para-hydroxylation sites is 2. The first-order chi connectivity index (χ1) is 13.8. The van der Waals surface area contributed by atoms with Gasteiger partial charge in [0.15, 0.2) is 0 Å². The van der Waals surface area contributed by atoms with Crippen molar-refractivity contribution >= 4 is 17.1 Å². The Labute approximate surface area is 165 Å². The first kappa shape index (κ1) is 17.7. The summed E-state index contributed by atoms with van der Waals surface area (Å²) in [4.78, 5) is 2.20. The van der Waals surface area contributed by atoms with E-state index in [9.17, 15) is 0 Å². The second kappa shape index (κ2) is 8.31. The first-order valence-electron chi connectivity index (χ1n) is 9.16. The van der Waals surface area contributed by atoms with Gasteiger partial charge in [0, 0.05) is 17.1 Å². The number of hydrogen-bond donors (Lipinski definition) is 0. The average Bonchev–Trinajstić information content (AvgIpc) is 2.77. The molecule has 0 saturated carbocycles. The van der Waals surface area contributed by atoms with Gasteiger partial charge in [0.2, 0.25) is 0 Å². The lowest BCUT2D eigenvalue weighted by atomic mass is 10.2. The van der Waals surface area contributed by atoms with Crippen molar-refractivity contribution in [1.29, 1.82) is 0 Å². The fraction of sp³-hybridized carbons (Fsp3) is 0.0400. The zero-order chi connectivity index (χ0) is 19.2. The van der Waals surface area contributed by atoms with Crippen molar-refractivity contribution in [1.82, 2.24) is 0 Å². The van der Waals surface area contributed by atoms with Gasteiger partial charge < -0.3 is 14.4 Å². The van der Waals surface area contributed by atoms with E-state index in [1.54, 1.807) is 7.11 Å². The lowest BCUT2D eigenvalue weighted by molar-refractivity contribution is 0.415. The molecule has 0 unspecified atom stereocenters. The van der Waals surface area contributed by atoms with Gasteiger partial charge in [-0.05, 0) is 72.8 Å². The van der Waals surface area contributed by atoms with Crippen molar-refractivity contribution in [3.63, 3.8) is 0 Å². The van der Waals surface area contributed by atoms with Crippen LogP contribution in [-0.4, -0.2) is 7.11 Å². The first-order valence-corrected chi connectivity index (χ1v) is 9.16. The van der Waals surface area contributed by atoms with Gasteiger partial charge in [0.1, 0.15) is 17.2 Å². The Bertz CT molecular complexity index is 998. The zero-order valence-electron chi connectivity index (χ0n) is 15.7. The van der Waals surface area contributed by atoms with Gasteiger partial charge in [-0.1, -0.05) is 36.4 Å². The summed E-state index contributed by atoms with van der Waals surface area (Å²) in [5.41, 5.74) is 3.20. The Balaban J connectivity index is 1.66. The molecule has 0 heterocycles. The minimum Gasteiger partial charge on any atom is -0.497 e. The molecule has 0 saturated heterocycles. The molecule has 0 aromatic heterocycles. The predicted molar refractivity (Wildman–Crippen MR) is 114 cm³/mol. The van der Waals surface area contributed by atoms with E-state index in [4.69, 9.17) is 9.47 Å². The van der Waals surface area contributed by atoms with Crippen molar-refractivity contribution in [3.8, 4) is 17.2 Å². The lowest BCUT2D eigenvalue weighted by Crippen LogP contribution is -2.09. The average molecular weight is 367 g/mol. The molecule has 138 valence electrons. The van der Waals surface area contributed by atoms with E-state index in [0.717, 1.165) is 34.3 Å². The summed E-state index contributed by atoms with van der Waals surface area (Å²) in [6, 6.07) is 36.2. The van der Waals surface area contributed by atoms with E-state index in [-0.39, 0.29) is 0 Å². The molecular formula is C25H21NO2. The molecule has 0 bridgehead atoms. The predicted octanol–water partition coefficient (Wildman–Crippen LogP) is 6.96. The van der Waals surface area contributed by atoms with Crippen LogP contribution in [0.25, 0.3) is 0 Å². The van der Waals surface area contributed by atoms with Gasteiger partial charge in [-0.25, -0.2) is 0 Å². The van der Waals surface area contributed by atoms with Gasteiger partial charge in [0.25, 0.3) is 0 Å². The van der Waals surface area contributed by atoms with Crippen molar-refractivity contribution < 1.29 is 9.47 Å². The summed E-state index contributed by atoms with van der Waals surface area (Å²) in [7, 11) is 1.68. The maximum atomic E-state index is 5.92. The second-order valence-corrected chi connectivity index (χ2v) is 6.28. The molecule has 0 aliphatic rings. The lowest BCUT2D eigenvalue weighted by Gasteiger charge is -2.25. The molecule has 0 N–H and O–H groups in total. The normalized spacial score (nSPS) is 10.3. The van der Waals surface area contributed by atoms with E-state index in [1.807, 2.05) is 72.8 Å². The molecule has 4 aromatic rings. The topological polar surface area (TPSA) is 21.7 Å². The molecule has 0 atom stereocenters. The van der Waals surface area contributed by atoms with Crippen molar-refractivity contribution in [2.45, 2.75) is 0 Å². The van der Waals surface area contributed by atoms with E-state index in [2.05, 4.69) is 41.3 Å². The van der Waals surface area contributed by atoms with E-state index in [1.165, 1.54) is 0 Å². The zero-order valence-corrected chi connectivity index (χ0v) is 15.7. The van der Waals surface area contributed by atoms with Crippen LogP contribution in [0.2, 0.25) is 0 Å². The Morgan fingerprint density at radius 2 is 0.893 bits per heavy atom. The number of methoxy groups -OCH3 is 1. The molecule has 0 fully saturated rings. The molecule has 28 heavy (non-hydrogen) atoms. The van der Waals surface area contributed by atoms with Crippen LogP contribution in [0, 0.1) is 0 Å². The van der Waals surface area contributed by atoms with Gasteiger partial charge in [-0.2, -0.15) is 0 Å². The number of ether oxygens (including phenoxy) is 2. The smallest absolute Gasteiger partial charge is 0.127 e. The molecule has 3 heteroatoms. The standard InChI is InChI=1S/C25H21NO2/c1-27-23-16-12-21(13-17-23)26(20-8-4-2-5-9-20)22-14-18-25(19-15-22)28-24-10-6-3-7-11-24/h2-19H,1H3. The van der Waals surface area contributed by atoms with Crippen LogP contribution in [0.3, 0.4) is 0 Å². The Morgan fingerprint density at radius 1 is 0.464 bits per heavy atom. The van der Waals surface area contributed by atoms with E-state index < -0.39 is 0 Å². The van der Waals surface area contributed by atoms with Crippen molar-refractivity contribution in [2.24, 2.45) is 0 Å². The molecule has 3 nitrogen and oxygen atoms in total. The van der Waals surface area contributed by atoms with Crippen molar-refractivity contribution in [3.05, 3.63) is 109 Å². The number of benzene rings is 4. The highest BCUT2D eigenvalue weighted by molar-refractivity contribution is 5.76. The fourth-order valence-electron chi connectivity index (χ4n) is 3.04. The SMILES string of the molecule is COc1ccc(N(c2ccccc2)c2ccc(Oc3ccccc3)cc2)cc1. The highest BCUT2D eigenvalue weighted by atomic mass is 16.5. The maximum Gasteiger partial charge on any atom is 0.127 e. The highest BCUT2D eigenvalue weighted by Crippen LogP contribution is 2.36. The summed E-state index contributed by atoms with van der Waals surface area (Å²) in [5, 5.41) is 0. The molecular weight excluding hydrogens is 346 g/mol. The van der Waals surface area contributed by atoms with Crippen LogP contribution in [0.5, 0.6) is 17.2 Å². The fourth-order valence-corrected chi connectivity index (χ4v) is 3.04. The van der Waals surface area contributed by atoms with Gasteiger partial charge in [0.05, 0.1) is 7.11 Å². The molecule has 4 rings (SSSR count). The summed E-state index contributed by atoms with van der Waals surface area (Å²) >= 11 is 0. The van der Waals surface area contributed by atoms with E-state index in [0.29, 0.717) is 0 Å². The van der Waals surface area contributed by atoms with Crippen LogP contribution in [0.1, 0.15) is 0 Å². The summed E-state index contributed by atoms with van der Waals surface area (Å²) in [6.07, 6.45) is 0. The minimum absolute atomic E-state index is 0.803. The number of hydrogen-bond acceptors (Lipinski definition) is 3. The number of anilines is 3. The Morgan fingerprint density at radius 3 is 1.43 bits per heavy atom. The van der Waals surface area contributed by atoms with Crippen LogP contribution < -0.4 is 14.4 Å². The summed E-state index contributed by atoms with van der Waals surface area (Å²) in [6.45, 7) is 0. The third-order valence-corrected chi connectivity index (χ3v) is 4.42. The van der Waals surface area contributed by atoms with Crippen LogP contribution in [-0.2, 0) is 0 Å². The highest BCUT2D eigenvalue weighted by Gasteiger charge is 2.12. The number of nitrogens with zero attached hydrogens (tertiary/aromatic N) is 1. The largest absolute Gasteiger partial charge is 0.497 e. The summed E-state index contributed by atoms with van der Waals surface area (Å²) in [5.74, 6) is 2.46. The van der Waals surface area contributed by atoms with Crippen LogP contribution in [0.4, 0.5) is 17.1 Å².